The van der Waals surface area contributed by atoms with Crippen molar-refractivity contribution < 1.29 is 13.9 Å². The quantitative estimate of drug-likeness (QED) is 0.765. The van der Waals surface area contributed by atoms with Crippen molar-refractivity contribution in [3.05, 3.63) is 70.2 Å². The first-order valence-electron chi connectivity index (χ1n) is 7.18. The van der Waals surface area contributed by atoms with Crippen LogP contribution >= 0.6 is 11.3 Å². The second-order valence-corrected chi connectivity index (χ2v) is 6.04. The number of ether oxygens (including phenoxy) is 1. The molecular formula is C17H14FN3O2S. The number of aromatic nitrogens is 2. The molecule has 0 unspecified atom stereocenters. The Balaban J connectivity index is 1.66. The number of amides is 1. The normalized spacial score (nSPS) is 10.4. The van der Waals surface area contributed by atoms with E-state index in [2.05, 4.69) is 15.3 Å². The molecule has 0 spiro atoms. The molecule has 0 aliphatic carbocycles. The molecule has 1 amide bonds. The zero-order valence-electron chi connectivity index (χ0n) is 12.8. The van der Waals surface area contributed by atoms with E-state index in [1.807, 2.05) is 0 Å². The number of carbonyl (C=O) groups is 1. The molecule has 0 bridgehead atoms. The van der Waals surface area contributed by atoms with Gasteiger partial charge in [-0.1, -0.05) is 0 Å². The Kier molecular flexibility index (Phi) is 4.81. The van der Waals surface area contributed by atoms with Gasteiger partial charge in [-0.2, -0.15) is 0 Å². The number of thiazole rings is 1. The molecule has 2 aromatic heterocycles. The Bertz CT molecular complexity index is 835. The van der Waals surface area contributed by atoms with Crippen molar-refractivity contribution in [3.63, 3.8) is 0 Å². The van der Waals surface area contributed by atoms with Crippen molar-refractivity contribution in [2.24, 2.45) is 0 Å². The van der Waals surface area contributed by atoms with Crippen molar-refractivity contribution in [2.45, 2.75) is 13.5 Å². The highest BCUT2D eigenvalue weighted by Gasteiger charge is 2.16. The monoisotopic (exact) mass is 343 g/mol. The molecule has 0 aliphatic heterocycles. The van der Waals surface area contributed by atoms with E-state index < -0.39 is 0 Å². The van der Waals surface area contributed by atoms with Crippen molar-refractivity contribution in [3.8, 4) is 5.75 Å². The van der Waals surface area contributed by atoms with Gasteiger partial charge in [0.25, 0.3) is 5.91 Å². The average Bonchev–Trinajstić information content (AvgIpc) is 2.97. The van der Waals surface area contributed by atoms with E-state index in [9.17, 15) is 9.18 Å². The third-order valence-corrected chi connectivity index (χ3v) is 4.28. The van der Waals surface area contributed by atoms with Crippen molar-refractivity contribution in [1.29, 1.82) is 0 Å². The summed E-state index contributed by atoms with van der Waals surface area (Å²) in [6, 6.07) is 9.19. The van der Waals surface area contributed by atoms with E-state index in [0.29, 0.717) is 27.0 Å². The molecule has 24 heavy (non-hydrogen) atoms. The van der Waals surface area contributed by atoms with Crippen molar-refractivity contribution in [2.75, 3.05) is 5.32 Å². The predicted octanol–water partition coefficient (Wildman–Crippen LogP) is 3.82. The van der Waals surface area contributed by atoms with Crippen LogP contribution in [0, 0.1) is 12.7 Å². The number of pyridine rings is 1. The van der Waals surface area contributed by atoms with Crippen molar-refractivity contribution >= 4 is 22.9 Å². The SMILES string of the molecule is Cc1nc(COc2cccnc2)sc1C(=O)Nc1ccc(F)cc1. The van der Waals surface area contributed by atoms with Gasteiger partial charge >= 0.3 is 0 Å². The molecule has 0 atom stereocenters. The summed E-state index contributed by atoms with van der Waals surface area (Å²) >= 11 is 1.27. The third kappa shape index (κ3) is 3.94. The first-order chi connectivity index (χ1) is 11.6. The molecule has 0 fully saturated rings. The zero-order valence-corrected chi connectivity index (χ0v) is 13.6. The van der Waals surface area contributed by atoms with E-state index in [4.69, 9.17) is 4.74 Å². The lowest BCUT2D eigenvalue weighted by molar-refractivity contribution is 0.103. The highest BCUT2D eigenvalue weighted by molar-refractivity contribution is 7.13. The summed E-state index contributed by atoms with van der Waals surface area (Å²) in [6.45, 7) is 2.03. The summed E-state index contributed by atoms with van der Waals surface area (Å²) in [5.41, 5.74) is 1.16. The summed E-state index contributed by atoms with van der Waals surface area (Å²) in [4.78, 5) is 21.1. The van der Waals surface area contributed by atoms with Gasteiger partial charge in [0.15, 0.2) is 0 Å². The van der Waals surface area contributed by atoms with Gasteiger partial charge in [-0.05, 0) is 43.3 Å². The minimum Gasteiger partial charge on any atom is -0.485 e. The maximum Gasteiger partial charge on any atom is 0.267 e. The van der Waals surface area contributed by atoms with Gasteiger partial charge < -0.3 is 10.1 Å². The van der Waals surface area contributed by atoms with Gasteiger partial charge in [0.2, 0.25) is 0 Å². The molecule has 7 heteroatoms. The Morgan fingerprint density at radius 3 is 2.79 bits per heavy atom. The highest BCUT2D eigenvalue weighted by Crippen LogP contribution is 2.21. The second-order valence-electron chi connectivity index (χ2n) is 4.96. The van der Waals surface area contributed by atoms with Gasteiger partial charge in [-0.15, -0.1) is 11.3 Å². The largest absolute Gasteiger partial charge is 0.485 e. The van der Waals surface area contributed by atoms with E-state index in [0.717, 1.165) is 0 Å². The smallest absolute Gasteiger partial charge is 0.267 e. The van der Waals surface area contributed by atoms with Crippen LogP contribution in [-0.2, 0) is 6.61 Å². The van der Waals surface area contributed by atoms with Crippen LogP contribution in [0.1, 0.15) is 20.4 Å². The van der Waals surface area contributed by atoms with Crippen LogP contribution in [0.25, 0.3) is 0 Å². The molecular weight excluding hydrogens is 329 g/mol. The number of aryl methyl sites for hydroxylation is 1. The van der Waals surface area contributed by atoms with Gasteiger partial charge in [0.1, 0.15) is 28.1 Å². The first-order valence-corrected chi connectivity index (χ1v) is 7.99. The Morgan fingerprint density at radius 1 is 1.29 bits per heavy atom. The maximum atomic E-state index is 12.9. The van der Waals surface area contributed by atoms with Crippen LogP contribution < -0.4 is 10.1 Å². The molecule has 5 nitrogen and oxygen atoms in total. The zero-order chi connectivity index (χ0) is 16.9. The van der Waals surface area contributed by atoms with Crippen LogP contribution in [0.15, 0.2) is 48.8 Å². The van der Waals surface area contributed by atoms with E-state index in [-0.39, 0.29) is 18.3 Å². The Labute approximate surface area is 142 Å². The number of hydrogen-bond donors (Lipinski definition) is 1. The molecule has 3 aromatic rings. The fourth-order valence-corrected chi connectivity index (χ4v) is 2.90. The number of halogens is 1. The number of rotatable bonds is 5. The Morgan fingerprint density at radius 2 is 2.08 bits per heavy atom. The number of hydrogen-bond acceptors (Lipinski definition) is 5. The lowest BCUT2D eigenvalue weighted by atomic mass is 10.3. The fourth-order valence-electron chi connectivity index (χ4n) is 2.02. The van der Waals surface area contributed by atoms with Crippen LogP contribution in [-0.4, -0.2) is 15.9 Å². The molecule has 3 rings (SSSR count). The highest BCUT2D eigenvalue weighted by atomic mass is 32.1. The number of nitrogens with zero attached hydrogens (tertiary/aromatic N) is 2. The molecule has 1 aromatic carbocycles. The lowest BCUT2D eigenvalue weighted by Crippen LogP contribution is -2.11. The predicted molar refractivity (Wildman–Crippen MR) is 89.8 cm³/mol. The standard InChI is InChI=1S/C17H14FN3O2S/c1-11-16(17(22)21-13-6-4-12(18)5-7-13)24-15(20-11)10-23-14-3-2-8-19-9-14/h2-9H,10H2,1H3,(H,21,22). The fraction of sp³-hybridized carbons (Fsp3) is 0.118. The summed E-state index contributed by atoms with van der Waals surface area (Å²) < 4.78 is 18.5. The molecule has 0 saturated heterocycles. The number of anilines is 1. The summed E-state index contributed by atoms with van der Waals surface area (Å²) in [6.07, 6.45) is 3.28. The topological polar surface area (TPSA) is 64.1 Å². The molecule has 0 saturated carbocycles. The Hall–Kier alpha value is -2.80. The molecule has 122 valence electrons. The molecule has 0 radical (unpaired) electrons. The van der Waals surface area contributed by atoms with Crippen molar-refractivity contribution in [1.82, 2.24) is 9.97 Å². The average molecular weight is 343 g/mol. The summed E-state index contributed by atoms with van der Waals surface area (Å²) in [5, 5.41) is 3.42. The molecule has 1 N–H and O–H groups in total. The second kappa shape index (κ2) is 7.18. The van der Waals surface area contributed by atoms with E-state index in [1.165, 1.54) is 35.6 Å². The van der Waals surface area contributed by atoms with Crippen LogP contribution in [0.3, 0.4) is 0 Å². The maximum absolute atomic E-state index is 12.9. The minimum atomic E-state index is -0.350. The molecule has 2 heterocycles. The van der Waals surface area contributed by atoms with Gasteiger partial charge in [-0.3, -0.25) is 9.78 Å². The molecule has 0 aliphatic rings. The van der Waals surface area contributed by atoms with Gasteiger partial charge in [0, 0.05) is 11.9 Å². The third-order valence-electron chi connectivity index (χ3n) is 3.15. The summed E-state index contributed by atoms with van der Waals surface area (Å²) in [5.74, 6) is 0.0173. The van der Waals surface area contributed by atoms with Gasteiger partial charge in [-0.25, -0.2) is 9.37 Å². The first kappa shape index (κ1) is 16.1. The van der Waals surface area contributed by atoms with Crippen LogP contribution in [0.4, 0.5) is 10.1 Å². The van der Waals surface area contributed by atoms with E-state index in [1.54, 1.807) is 31.5 Å². The van der Waals surface area contributed by atoms with Gasteiger partial charge in [0.05, 0.1) is 11.9 Å². The summed E-state index contributed by atoms with van der Waals surface area (Å²) in [7, 11) is 0. The van der Waals surface area contributed by atoms with Crippen LogP contribution in [0.2, 0.25) is 0 Å². The van der Waals surface area contributed by atoms with Crippen LogP contribution in [0.5, 0.6) is 5.75 Å². The van der Waals surface area contributed by atoms with E-state index >= 15 is 0 Å². The number of carbonyl (C=O) groups excluding carboxylic acids is 1. The number of nitrogens with one attached hydrogen (secondary N) is 1. The minimum absolute atomic E-state index is 0.265. The lowest BCUT2D eigenvalue weighted by Gasteiger charge is -2.03. The number of benzene rings is 1.